The first-order valence-electron chi connectivity index (χ1n) is 8.21. The van der Waals surface area contributed by atoms with E-state index in [-0.39, 0.29) is 5.60 Å². The lowest BCUT2D eigenvalue weighted by molar-refractivity contribution is 0.128. The van der Waals surface area contributed by atoms with Gasteiger partial charge in [0.15, 0.2) is 0 Å². The molecule has 0 radical (unpaired) electrons. The molecule has 1 fully saturated rings. The van der Waals surface area contributed by atoms with Crippen molar-refractivity contribution in [2.75, 3.05) is 13.1 Å². The Kier molecular flexibility index (Phi) is 5.80. The molecule has 2 heterocycles. The number of aromatic nitrogens is 1. The van der Waals surface area contributed by atoms with Gasteiger partial charge in [0, 0.05) is 17.7 Å². The van der Waals surface area contributed by atoms with Gasteiger partial charge in [-0.05, 0) is 57.8 Å². The van der Waals surface area contributed by atoms with Gasteiger partial charge in [-0.15, -0.1) is 0 Å². The second-order valence-electron chi connectivity index (χ2n) is 6.00. The first-order chi connectivity index (χ1) is 10.2. The highest BCUT2D eigenvalue weighted by atomic mass is 16.5. The maximum atomic E-state index is 6.17. The summed E-state index contributed by atoms with van der Waals surface area (Å²) < 4.78 is 6.17. The van der Waals surface area contributed by atoms with Crippen LogP contribution in [0.2, 0.25) is 0 Å². The molecular formula is C18H28N2O. The number of hydrogen-bond donors (Lipinski definition) is 1. The van der Waals surface area contributed by atoms with Crippen LogP contribution in [0.1, 0.15) is 58.1 Å². The summed E-state index contributed by atoms with van der Waals surface area (Å²) in [4.78, 5) is 4.75. The molecule has 1 aliphatic heterocycles. The smallest absolute Gasteiger partial charge is 0.214 e. The molecule has 1 saturated heterocycles. The minimum atomic E-state index is -0.268. The number of nitrogens with one attached hydrogen (secondary N) is 1. The molecule has 2 rings (SSSR count). The number of rotatable bonds is 6. The van der Waals surface area contributed by atoms with Gasteiger partial charge < -0.3 is 10.1 Å². The van der Waals surface area contributed by atoms with E-state index in [0.29, 0.717) is 5.92 Å². The topological polar surface area (TPSA) is 34.1 Å². The van der Waals surface area contributed by atoms with E-state index in [9.17, 15) is 0 Å². The second-order valence-corrected chi connectivity index (χ2v) is 6.00. The van der Waals surface area contributed by atoms with Gasteiger partial charge in [0.2, 0.25) is 5.88 Å². The number of nitrogens with zero attached hydrogens (tertiary/aromatic N) is 1. The molecule has 0 aromatic carbocycles. The minimum Gasteiger partial charge on any atom is -0.467 e. The van der Waals surface area contributed by atoms with E-state index in [1.165, 1.54) is 5.69 Å². The number of allylic oxidation sites excluding steroid dienone is 1. The Morgan fingerprint density at radius 2 is 2.10 bits per heavy atom. The SMILES string of the molecule is CC/C=C\C(C)(CC)Oc1cccc(C2CCNCC2)n1. The summed E-state index contributed by atoms with van der Waals surface area (Å²) in [6, 6.07) is 6.17. The van der Waals surface area contributed by atoms with Crippen molar-refractivity contribution in [3.8, 4) is 5.88 Å². The highest BCUT2D eigenvalue weighted by Crippen LogP contribution is 2.27. The first-order valence-corrected chi connectivity index (χ1v) is 8.21. The molecule has 3 nitrogen and oxygen atoms in total. The Labute approximate surface area is 128 Å². The first kappa shape index (κ1) is 16.0. The lowest BCUT2D eigenvalue weighted by Gasteiger charge is -2.27. The number of hydrogen-bond acceptors (Lipinski definition) is 3. The lowest BCUT2D eigenvalue weighted by Crippen LogP contribution is -2.30. The third-order valence-electron chi connectivity index (χ3n) is 4.25. The van der Waals surface area contributed by atoms with Gasteiger partial charge >= 0.3 is 0 Å². The van der Waals surface area contributed by atoms with Crippen molar-refractivity contribution >= 4 is 0 Å². The van der Waals surface area contributed by atoms with Gasteiger partial charge in [0.1, 0.15) is 5.60 Å². The summed E-state index contributed by atoms with van der Waals surface area (Å²) in [5.74, 6) is 1.31. The fourth-order valence-electron chi connectivity index (χ4n) is 2.66. The Hall–Kier alpha value is -1.35. The van der Waals surface area contributed by atoms with Crippen LogP contribution in [0.5, 0.6) is 5.88 Å². The van der Waals surface area contributed by atoms with Crippen molar-refractivity contribution in [1.29, 1.82) is 0 Å². The normalized spacial score (nSPS) is 19.6. The van der Waals surface area contributed by atoms with Crippen LogP contribution in [0, 0.1) is 0 Å². The van der Waals surface area contributed by atoms with Crippen LogP contribution in [-0.2, 0) is 0 Å². The van der Waals surface area contributed by atoms with Crippen molar-refractivity contribution in [3.63, 3.8) is 0 Å². The monoisotopic (exact) mass is 288 g/mol. The zero-order chi connectivity index (χ0) is 15.1. The van der Waals surface area contributed by atoms with Gasteiger partial charge in [-0.1, -0.05) is 26.0 Å². The Morgan fingerprint density at radius 1 is 1.33 bits per heavy atom. The molecular weight excluding hydrogens is 260 g/mol. The van der Waals surface area contributed by atoms with E-state index in [1.54, 1.807) is 0 Å². The van der Waals surface area contributed by atoms with Gasteiger partial charge in [-0.25, -0.2) is 4.98 Å². The maximum Gasteiger partial charge on any atom is 0.214 e. The van der Waals surface area contributed by atoms with Crippen molar-refractivity contribution in [2.45, 2.75) is 58.0 Å². The van der Waals surface area contributed by atoms with Crippen LogP contribution in [0.15, 0.2) is 30.4 Å². The largest absolute Gasteiger partial charge is 0.467 e. The van der Waals surface area contributed by atoms with E-state index >= 15 is 0 Å². The predicted octanol–water partition coefficient (Wildman–Crippen LogP) is 4.06. The molecule has 0 aliphatic carbocycles. The van der Waals surface area contributed by atoms with E-state index < -0.39 is 0 Å². The van der Waals surface area contributed by atoms with Gasteiger partial charge in [0.05, 0.1) is 0 Å². The van der Waals surface area contributed by atoms with Crippen molar-refractivity contribution in [2.24, 2.45) is 0 Å². The van der Waals surface area contributed by atoms with Crippen LogP contribution in [0.3, 0.4) is 0 Å². The predicted molar refractivity (Wildman–Crippen MR) is 87.8 cm³/mol. The highest BCUT2D eigenvalue weighted by Gasteiger charge is 2.22. The molecule has 1 N–H and O–H groups in total. The van der Waals surface area contributed by atoms with Crippen molar-refractivity contribution in [3.05, 3.63) is 36.0 Å². The Bertz CT molecular complexity index is 466. The van der Waals surface area contributed by atoms with E-state index in [4.69, 9.17) is 9.72 Å². The molecule has 0 amide bonds. The van der Waals surface area contributed by atoms with E-state index in [2.05, 4.69) is 50.4 Å². The van der Waals surface area contributed by atoms with E-state index in [0.717, 1.165) is 44.7 Å². The van der Waals surface area contributed by atoms with Gasteiger partial charge in [-0.2, -0.15) is 0 Å². The van der Waals surface area contributed by atoms with Crippen LogP contribution in [0.4, 0.5) is 0 Å². The van der Waals surface area contributed by atoms with Crippen molar-refractivity contribution in [1.82, 2.24) is 10.3 Å². The molecule has 21 heavy (non-hydrogen) atoms. The van der Waals surface area contributed by atoms with Gasteiger partial charge in [0.25, 0.3) is 0 Å². The lowest BCUT2D eigenvalue weighted by atomic mass is 9.94. The van der Waals surface area contributed by atoms with Crippen molar-refractivity contribution < 1.29 is 4.74 Å². The Morgan fingerprint density at radius 3 is 2.76 bits per heavy atom. The summed E-state index contributed by atoms with van der Waals surface area (Å²) in [6.07, 6.45) is 8.62. The molecule has 1 unspecified atom stereocenters. The Balaban J connectivity index is 2.11. The summed E-state index contributed by atoms with van der Waals surface area (Å²) in [7, 11) is 0. The van der Waals surface area contributed by atoms with E-state index in [1.807, 2.05) is 6.07 Å². The molecule has 3 heteroatoms. The maximum absolute atomic E-state index is 6.17. The van der Waals surface area contributed by atoms with Crippen LogP contribution in [0.25, 0.3) is 0 Å². The van der Waals surface area contributed by atoms with Crippen LogP contribution < -0.4 is 10.1 Å². The number of pyridine rings is 1. The standard InChI is InChI=1S/C18H28N2O/c1-4-6-12-18(3,5-2)21-17-9-7-8-16(20-17)15-10-13-19-14-11-15/h6-9,12,15,19H,4-5,10-11,13-14H2,1-3H3/b12-6-. The number of ether oxygens (including phenoxy) is 1. The molecule has 1 atom stereocenters. The summed E-state index contributed by atoms with van der Waals surface area (Å²) >= 11 is 0. The fourth-order valence-corrected chi connectivity index (χ4v) is 2.66. The minimum absolute atomic E-state index is 0.268. The van der Waals surface area contributed by atoms with Crippen LogP contribution in [-0.4, -0.2) is 23.7 Å². The fraction of sp³-hybridized carbons (Fsp3) is 0.611. The summed E-state index contributed by atoms with van der Waals surface area (Å²) in [5, 5.41) is 3.40. The van der Waals surface area contributed by atoms with Gasteiger partial charge in [-0.3, -0.25) is 0 Å². The summed E-state index contributed by atoms with van der Waals surface area (Å²) in [5.41, 5.74) is 0.905. The third kappa shape index (κ3) is 4.57. The molecule has 0 saturated carbocycles. The average Bonchev–Trinajstić information content (AvgIpc) is 2.54. The molecule has 1 aromatic rings. The average molecular weight is 288 g/mol. The quantitative estimate of drug-likeness (QED) is 0.801. The van der Waals surface area contributed by atoms with Crippen LogP contribution >= 0.6 is 0 Å². The number of piperidine rings is 1. The second kappa shape index (κ2) is 7.60. The summed E-state index contributed by atoms with van der Waals surface area (Å²) in [6.45, 7) is 8.59. The zero-order valence-electron chi connectivity index (χ0n) is 13.6. The highest BCUT2D eigenvalue weighted by molar-refractivity contribution is 5.21. The molecule has 116 valence electrons. The molecule has 0 bridgehead atoms. The molecule has 1 aromatic heterocycles. The molecule has 0 spiro atoms. The third-order valence-corrected chi connectivity index (χ3v) is 4.25. The zero-order valence-corrected chi connectivity index (χ0v) is 13.6. The molecule has 1 aliphatic rings.